The zero-order valence-electron chi connectivity index (χ0n) is 10.2. The van der Waals surface area contributed by atoms with Crippen molar-refractivity contribution in [2.45, 2.75) is 19.8 Å². The summed E-state index contributed by atoms with van der Waals surface area (Å²) in [7, 11) is 0. The van der Waals surface area contributed by atoms with Crippen LogP contribution in [0.5, 0.6) is 0 Å². The van der Waals surface area contributed by atoms with Crippen LogP contribution in [-0.4, -0.2) is 36.1 Å². The first-order valence-corrected chi connectivity index (χ1v) is 6.60. The Morgan fingerprint density at radius 1 is 1.41 bits per heavy atom. The molecular weight excluding hydrogens is 236 g/mol. The molecule has 1 aliphatic heterocycles. The van der Waals surface area contributed by atoms with E-state index in [2.05, 4.69) is 27.1 Å². The molecule has 1 aromatic rings. The van der Waals surface area contributed by atoms with Crippen LogP contribution in [0.3, 0.4) is 0 Å². The summed E-state index contributed by atoms with van der Waals surface area (Å²) in [6.07, 6.45) is 5.78. The SMILES string of the molecule is CCNCC1CCN(c2cncc(Cl)n2)CC1. The zero-order valence-corrected chi connectivity index (χ0v) is 11.0. The summed E-state index contributed by atoms with van der Waals surface area (Å²) in [5, 5.41) is 3.88. The van der Waals surface area contributed by atoms with Crippen LogP contribution in [0, 0.1) is 5.92 Å². The van der Waals surface area contributed by atoms with Gasteiger partial charge in [0.2, 0.25) is 0 Å². The Balaban J connectivity index is 1.86. The van der Waals surface area contributed by atoms with E-state index in [0.29, 0.717) is 5.15 Å². The second kappa shape index (κ2) is 6.17. The van der Waals surface area contributed by atoms with E-state index in [1.807, 2.05) is 0 Å². The molecule has 0 aromatic carbocycles. The van der Waals surface area contributed by atoms with E-state index in [4.69, 9.17) is 11.6 Å². The first kappa shape index (κ1) is 12.6. The van der Waals surface area contributed by atoms with Gasteiger partial charge < -0.3 is 10.2 Å². The first-order chi connectivity index (χ1) is 8.29. The summed E-state index contributed by atoms with van der Waals surface area (Å²) < 4.78 is 0. The molecule has 5 heteroatoms. The van der Waals surface area contributed by atoms with Crippen molar-refractivity contribution in [3.8, 4) is 0 Å². The molecule has 1 fully saturated rings. The van der Waals surface area contributed by atoms with Crippen molar-refractivity contribution in [2.75, 3.05) is 31.1 Å². The minimum atomic E-state index is 0.470. The fraction of sp³-hybridized carbons (Fsp3) is 0.667. The predicted molar refractivity (Wildman–Crippen MR) is 70.5 cm³/mol. The molecule has 0 amide bonds. The lowest BCUT2D eigenvalue weighted by molar-refractivity contribution is 0.385. The Labute approximate surface area is 107 Å². The van der Waals surface area contributed by atoms with Crippen molar-refractivity contribution in [2.24, 2.45) is 5.92 Å². The Morgan fingerprint density at radius 2 is 2.18 bits per heavy atom. The Morgan fingerprint density at radius 3 is 2.82 bits per heavy atom. The highest BCUT2D eigenvalue weighted by Crippen LogP contribution is 2.21. The van der Waals surface area contributed by atoms with Crippen LogP contribution in [0.15, 0.2) is 12.4 Å². The number of piperidine rings is 1. The number of rotatable bonds is 4. The van der Waals surface area contributed by atoms with Gasteiger partial charge in [-0.3, -0.25) is 4.98 Å². The lowest BCUT2D eigenvalue weighted by Gasteiger charge is -2.32. The van der Waals surface area contributed by atoms with Crippen molar-refractivity contribution < 1.29 is 0 Å². The average molecular weight is 255 g/mol. The quantitative estimate of drug-likeness (QED) is 0.892. The maximum absolute atomic E-state index is 5.85. The van der Waals surface area contributed by atoms with Crippen molar-refractivity contribution in [3.63, 3.8) is 0 Å². The predicted octanol–water partition coefficient (Wildman–Crippen LogP) is 1.96. The summed E-state index contributed by atoms with van der Waals surface area (Å²) in [4.78, 5) is 10.6. The fourth-order valence-electron chi connectivity index (χ4n) is 2.20. The molecule has 17 heavy (non-hydrogen) atoms. The molecule has 0 spiro atoms. The van der Waals surface area contributed by atoms with Crippen LogP contribution in [0.4, 0.5) is 5.82 Å². The summed E-state index contributed by atoms with van der Waals surface area (Å²) in [6, 6.07) is 0. The summed E-state index contributed by atoms with van der Waals surface area (Å²) in [5.74, 6) is 1.69. The van der Waals surface area contributed by atoms with E-state index in [9.17, 15) is 0 Å². The van der Waals surface area contributed by atoms with Gasteiger partial charge in [-0.05, 0) is 31.8 Å². The van der Waals surface area contributed by atoms with E-state index in [-0.39, 0.29) is 0 Å². The smallest absolute Gasteiger partial charge is 0.149 e. The zero-order chi connectivity index (χ0) is 12.1. The maximum Gasteiger partial charge on any atom is 0.149 e. The number of nitrogens with zero attached hydrogens (tertiary/aromatic N) is 3. The summed E-state index contributed by atoms with van der Waals surface area (Å²) in [6.45, 7) is 6.43. The van der Waals surface area contributed by atoms with Gasteiger partial charge in [0.25, 0.3) is 0 Å². The molecule has 4 nitrogen and oxygen atoms in total. The Hall–Kier alpha value is -0.870. The molecular formula is C12H19ClN4. The second-order valence-electron chi connectivity index (χ2n) is 4.44. The lowest BCUT2D eigenvalue weighted by atomic mass is 9.97. The van der Waals surface area contributed by atoms with Gasteiger partial charge in [-0.1, -0.05) is 18.5 Å². The molecule has 1 aliphatic rings. The van der Waals surface area contributed by atoms with Gasteiger partial charge in [-0.15, -0.1) is 0 Å². The molecule has 0 bridgehead atoms. The van der Waals surface area contributed by atoms with Gasteiger partial charge in [0.05, 0.1) is 12.4 Å². The van der Waals surface area contributed by atoms with Gasteiger partial charge in [0.15, 0.2) is 0 Å². The highest BCUT2D eigenvalue weighted by molar-refractivity contribution is 6.29. The van der Waals surface area contributed by atoms with Crippen LogP contribution in [-0.2, 0) is 0 Å². The third-order valence-electron chi connectivity index (χ3n) is 3.21. The summed E-state index contributed by atoms with van der Waals surface area (Å²) >= 11 is 5.85. The second-order valence-corrected chi connectivity index (χ2v) is 4.83. The van der Waals surface area contributed by atoms with E-state index in [1.54, 1.807) is 12.4 Å². The van der Waals surface area contributed by atoms with Crippen molar-refractivity contribution >= 4 is 17.4 Å². The normalized spacial score (nSPS) is 17.4. The summed E-state index contributed by atoms with van der Waals surface area (Å²) in [5.41, 5.74) is 0. The molecule has 0 unspecified atom stereocenters. The Bertz CT molecular complexity index is 350. The van der Waals surface area contributed by atoms with Gasteiger partial charge in [0.1, 0.15) is 11.0 Å². The van der Waals surface area contributed by atoms with E-state index in [0.717, 1.165) is 37.9 Å². The van der Waals surface area contributed by atoms with Crippen LogP contribution in [0.1, 0.15) is 19.8 Å². The maximum atomic E-state index is 5.85. The Kier molecular flexibility index (Phi) is 4.57. The van der Waals surface area contributed by atoms with E-state index < -0.39 is 0 Å². The molecule has 1 N–H and O–H groups in total. The topological polar surface area (TPSA) is 41.0 Å². The number of hydrogen-bond donors (Lipinski definition) is 1. The lowest BCUT2D eigenvalue weighted by Crippen LogP contribution is -2.37. The van der Waals surface area contributed by atoms with Crippen molar-refractivity contribution in [3.05, 3.63) is 17.5 Å². The molecule has 94 valence electrons. The standard InChI is InChI=1S/C12H19ClN4/c1-2-14-7-10-3-5-17(6-4-10)12-9-15-8-11(13)16-12/h8-10,14H,2-7H2,1H3. The molecule has 2 heterocycles. The molecule has 0 saturated carbocycles. The van der Waals surface area contributed by atoms with E-state index in [1.165, 1.54) is 12.8 Å². The molecule has 0 atom stereocenters. The van der Waals surface area contributed by atoms with Gasteiger partial charge in [-0.2, -0.15) is 0 Å². The van der Waals surface area contributed by atoms with Crippen LogP contribution in [0.2, 0.25) is 5.15 Å². The van der Waals surface area contributed by atoms with E-state index >= 15 is 0 Å². The minimum absolute atomic E-state index is 0.470. The monoisotopic (exact) mass is 254 g/mol. The molecule has 0 radical (unpaired) electrons. The van der Waals surface area contributed by atoms with Gasteiger partial charge >= 0.3 is 0 Å². The third-order valence-corrected chi connectivity index (χ3v) is 3.40. The van der Waals surface area contributed by atoms with Crippen LogP contribution < -0.4 is 10.2 Å². The third kappa shape index (κ3) is 3.54. The van der Waals surface area contributed by atoms with Gasteiger partial charge in [-0.25, -0.2) is 4.98 Å². The molecule has 1 saturated heterocycles. The van der Waals surface area contributed by atoms with Gasteiger partial charge in [0, 0.05) is 13.1 Å². The van der Waals surface area contributed by atoms with Crippen LogP contribution >= 0.6 is 11.6 Å². The largest absolute Gasteiger partial charge is 0.355 e. The highest BCUT2D eigenvalue weighted by Gasteiger charge is 2.19. The number of halogens is 1. The number of nitrogens with one attached hydrogen (secondary N) is 1. The minimum Gasteiger partial charge on any atom is -0.355 e. The highest BCUT2D eigenvalue weighted by atomic mass is 35.5. The fourth-order valence-corrected chi connectivity index (χ4v) is 2.34. The molecule has 2 rings (SSSR count). The van der Waals surface area contributed by atoms with Crippen molar-refractivity contribution in [1.82, 2.24) is 15.3 Å². The number of anilines is 1. The molecule has 0 aliphatic carbocycles. The number of aromatic nitrogens is 2. The average Bonchev–Trinajstić information content (AvgIpc) is 2.37. The van der Waals surface area contributed by atoms with Crippen molar-refractivity contribution in [1.29, 1.82) is 0 Å². The molecule has 1 aromatic heterocycles. The first-order valence-electron chi connectivity index (χ1n) is 6.22. The number of hydrogen-bond acceptors (Lipinski definition) is 4. The van der Waals surface area contributed by atoms with Crippen LogP contribution in [0.25, 0.3) is 0 Å².